The summed E-state index contributed by atoms with van der Waals surface area (Å²) in [4.78, 5) is 15.8. The summed E-state index contributed by atoms with van der Waals surface area (Å²) in [5, 5.41) is 5.81. The Hall–Kier alpha value is -2.44. The van der Waals surface area contributed by atoms with Gasteiger partial charge in [-0.3, -0.25) is 4.79 Å². The summed E-state index contributed by atoms with van der Waals surface area (Å²) in [7, 11) is 1.56. The van der Waals surface area contributed by atoms with Crippen molar-refractivity contribution >= 4 is 11.9 Å². The number of hydrogen-bond acceptors (Lipinski definition) is 4. The molecule has 1 aromatic carbocycles. The van der Waals surface area contributed by atoms with Gasteiger partial charge in [0.05, 0.1) is 13.7 Å². The average molecular weight is 364 g/mol. The number of aliphatic imine (C=N–C) groups is 1. The van der Waals surface area contributed by atoms with Crippen molar-refractivity contribution in [2.45, 2.75) is 46.1 Å². The number of unbranched alkanes of at least 4 members (excludes halogenated alkanes) is 3. The summed E-state index contributed by atoms with van der Waals surface area (Å²) >= 11 is 0. The smallest absolute Gasteiger partial charge is 0.257 e. The molecule has 0 radical (unpaired) electrons. The summed E-state index contributed by atoms with van der Waals surface area (Å²) in [6, 6.07) is 5.50. The highest BCUT2D eigenvalue weighted by Gasteiger charge is 2.08. The molecule has 1 amide bonds. The van der Waals surface area contributed by atoms with Crippen LogP contribution < -0.4 is 25.8 Å². The Balaban J connectivity index is 2.52. The third-order valence-electron chi connectivity index (χ3n) is 3.73. The number of likely N-dealkylation sites (N-methyl/N-ethyl adjacent to an activating group) is 1. The molecule has 7 heteroatoms. The van der Waals surface area contributed by atoms with Crippen molar-refractivity contribution in [1.82, 2.24) is 10.6 Å². The normalized spacial score (nSPS) is 11.1. The minimum absolute atomic E-state index is 0.0450. The molecule has 0 fully saturated rings. The molecule has 1 rings (SSSR count). The molecule has 4 N–H and O–H groups in total. The van der Waals surface area contributed by atoms with E-state index in [2.05, 4.69) is 22.5 Å². The molecule has 26 heavy (non-hydrogen) atoms. The Morgan fingerprint density at radius 2 is 1.96 bits per heavy atom. The topological polar surface area (TPSA) is 98.0 Å². The predicted octanol–water partition coefficient (Wildman–Crippen LogP) is 2.19. The van der Waals surface area contributed by atoms with E-state index in [1.165, 1.54) is 19.3 Å². The van der Waals surface area contributed by atoms with Gasteiger partial charge < -0.3 is 25.8 Å². The van der Waals surface area contributed by atoms with Crippen molar-refractivity contribution in [2.24, 2.45) is 10.7 Å². The number of benzene rings is 1. The third-order valence-corrected chi connectivity index (χ3v) is 3.73. The van der Waals surface area contributed by atoms with Gasteiger partial charge in [0.1, 0.15) is 0 Å². The first kappa shape index (κ1) is 21.6. The van der Waals surface area contributed by atoms with Crippen LogP contribution in [0, 0.1) is 0 Å². The van der Waals surface area contributed by atoms with Crippen LogP contribution in [0.25, 0.3) is 0 Å². The fourth-order valence-electron chi connectivity index (χ4n) is 2.32. The number of amides is 1. The molecule has 0 aromatic heterocycles. The molecule has 0 unspecified atom stereocenters. The lowest BCUT2D eigenvalue weighted by atomic mass is 10.2. The average Bonchev–Trinajstić information content (AvgIpc) is 2.65. The fraction of sp³-hybridized carbons (Fsp3) is 0.579. The summed E-state index contributed by atoms with van der Waals surface area (Å²) in [5.41, 5.74) is 6.83. The minimum Gasteiger partial charge on any atom is -0.493 e. The molecule has 0 aliphatic heterocycles. The third kappa shape index (κ3) is 8.60. The van der Waals surface area contributed by atoms with E-state index in [-0.39, 0.29) is 12.5 Å². The van der Waals surface area contributed by atoms with Gasteiger partial charge in [-0.05, 0) is 31.0 Å². The Bertz CT molecular complexity index is 576. The van der Waals surface area contributed by atoms with Crippen LogP contribution in [-0.4, -0.2) is 38.7 Å². The van der Waals surface area contributed by atoms with Crippen LogP contribution in [0.2, 0.25) is 0 Å². The highest BCUT2D eigenvalue weighted by atomic mass is 16.5. The number of nitrogens with one attached hydrogen (secondary N) is 2. The first-order valence-electron chi connectivity index (χ1n) is 9.20. The Kier molecular flexibility index (Phi) is 10.7. The lowest BCUT2D eigenvalue weighted by Gasteiger charge is -2.12. The molecule has 0 heterocycles. The van der Waals surface area contributed by atoms with Crippen molar-refractivity contribution < 1.29 is 14.3 Å². The number of nitrogens with zero attached hydrogens (tertiary/aromatic N) is 1. The lowest BCUT2D eigenvalue weighted by molar-refractivity contribution is -0.123. The van der Waals surface area contributed by atoms with Gasteiger partial charge in [-0.25, -0.2) is 4.99 Å². The molecule has 0 saturated heterocycles. The van der Waals surface area contributed by atoms with Crippen LogP contribution in [0.1, 0.15) is 45.1 Å². The van der Waals surface area contributed by atoms with Crippen LogP contribution in [0.3, 0.4) is 0 Å². The number of nitrogens with two attached hydrogens (primary N) is 1. The van der Waals surface area contributed by atoms with E-state index < -0.39 is 0 Å². The number of hydrogen-bond donors (Lipinski definition) is 3. The molecule has 1 aromatic rings. The summed E-state index contributed by atoms with van der Waals surface area (Å²) < 4.78 is 10.8. The number of guanidine groups is 1. The summed E-state index contributed by atoms with van der Waals surface area (Å²) in [5.74, 6) is 1.36. The van der Waals surface area contributed by atoms with E-state index in [9.17, 15) is 4.79 Å². The van der Waals surface area contributed by atoms with E-state index in [0.717, 1.165) is 18.5 Å². The van der Waals surface area contributed by atoms with Gasteiger partial charge in [-0.15, -0.1) is 0 Å². The zero-order chi connectivity index (χ0) is 19.2. The maximum atomic E-state index is 11.5. The van der Waals surface area contributed by atoms with Gasteiger partial charge >= 0.3 is 0 Å². The van der Waals surface area contributed by atoms with E-state index in [1.54, 1.807) is 13.2 Å². The van der Waals surface area contributed by atoms with Gasteiger partial charge in [0.2, 0.25) is 0 Å². The maximum absolute atomic E-state index is 11.5. The Labute approximate surface area is 156 Å². The predicted molar refractivity (Wildman–Crippen MR) is 105 cm³/mol. The molecular formula is C19H32N4O3. The molecule has 0 saturated carbocycles. The number of carbonyl (C=O) groups is 1. The van der Waals surface area contributed by atoms with E-state index in [1.807, 2.05) is 19.1 Å². The minimum atomic E-state index is -0.166. The van der Waals surface area contributed by atoms with E-state index >= 15 is 0 Å². The molecule has 0 atom stereocenters. The van der Waals surface area contributed by atoms with Crippen molar-refractivity contribution in [2.75, 3.05) is 26.8 Å². The van der Waals surface area contributed by atoms with Crippen LogP contribution in [0.15, 0.2) is 23.2 Å². The molecule has 0 aliphatic rings. The standard InChI is InChI=1S/C19H32N4O3/c1-4-6-7-8-11-22-19(20)23-13-15-9-10-16(17(12-15)25-3)26-14-18(24)21-5-2/h9-10,12H,4-8,11,13-14H2,1-3H3,(H,21,24)(H3,20,22,23). The second-order valence-corrected chi connectivity index (χ2v) is 5.92. The number of rotatable bonds is 12. The van der Waals surface area contributed by atoms with Crippen LogP contribution in [0.4, 0.5) is 0 Å². The largest absolute Gasteiger partial charge is 0.493 e. The first-order valence-corrected chi connectivity index (χ1v) is 9.20. The molecule has 7 nitrogen and oxygen atoms in total. The highest BCUT2D eigenvalue weighted by molar-refractivity contribution is 5.78. The Morgan fingerprint density at radius 1 is 1.15 bits per heavy atom. The van der Waals surface area contributed by atoms with E-state index in [0.29, 0.717) is 30.5 Å². The van der Waals surface area contributed by atoms with Gasteiger partial charge in [-0.1, -0.05) is 32.3 Å². The summed E-state index contributed by atoms with van der Waals surface area (Å²) in [6.07, 6.45) is 4.75. The van der Waals surface area contributed by atoms with Gasteiger partial charge in [0, 0.05) is 13.1 Å². The van der Waals surface area contributed by atoms with Gasteiger partial charge in [0.15, 0.2) is 24.1 Å². The number of carbonyl (C=O) groups excluding carboxylic acids is 1. The lowest BCUT2D eigenvalue weighted by Crippen LogP contribution is -2.32. The second kappa shape index (κ2) is 12.9. The molecular weight excluding hydrogens is 332 g/mol. The summed E-state index contributed by atoms with van der Waals surface area (Å²) in [6.45, 7) is 5.86. The monoisotopic (exact) mass is 364 g/mol. The second-order valence-electron chi connectivity index (χ2n) is 5.92. The quantitative estimate of drug-likeness (QED) is 0.300. The molecule has 0 spiro atoms. The van der Waals surface area contributed by atoms with Crippen molar-refractivity contribution in [1.29, 1.82) is 0 Å². The zero-order valence-electron chi connectivity index (χ0n) is 16.1. The van der Waals surface area contributed by atoms with Crippen LogP contribution in [0.5, 0.6) is 11.5 Å². The van der Waals surface area contributed by atoms with Gasteiger partial charge in [0.25, 0.3) is 5.91 Å². The van der Waals surface area contributed by atoms with Crippen molar-refractivity contribution in [3.8, 4) is 11.5 Å². The van der Waals surface area contributed by atoms with Crippen LogP contribution in [-0.2, 0) is 11.3 Å². The highest BCUT2D eigenvalue weighted by Crippen LogP contribution is 2.28. The van der Waals surface area contributed by atoms with Crippen molar-refractivity contribution in [3.63, 3.8) is 0 Å². The number of ether oxygens (including phenoxy) is 2. The van der Waals surface area contributed by atoms with Crippen molar-refractivity contribution in [3.05, 3.63) is 23.8 Å². The van der Waals surface area contributed by atoms with Gasteiger partial charge in [-0.2, -0.15) is 0 Å². The number of methoxy groups -OCH3 is 1. The van der Waals surface area contributed by atoms with Crippen LogP contribution >= 0.6 is 0 Å². The fourth-order valence-corrected chi connectivity index (χ4v) is 2.32. The maximum Gasteiger partial charge on any atom is 0.257 e. The molecule has 146 valence electrons. The van der Waals surface area contributed by atoms with E-state index in [4.69, 9.17) is 15.2 Å². The SMILES string of the molecule is CCCCCCNC(N)=NCc1ccc(OCC(=O)NCC)c(OC)c1. The Morgan fingerprint density at radius 3 is 2.65 bits per heavy atom. The molecule has 0 bridgehead atoms. The zero-order valence-corrected chi connectivity index (χ0v) is 16.1. The first-order chi connectivity index (χ1) is 12.6. The molecule has 0 aliphatic carbocycles.